The Balaban J connectivity index is 1.92. The number of aryl methyl sites for hydroxylation is 1. The Labute approximate surface area is 191 Å². The van der Waals surface area contributed by atoms with Crippen LogP contribution in [0.2, 0.25) is 5.02 Å². The molecule has 0 radical (unpaired) electrons. The van der Waals surface area contributed by atoms with Crippen molar-refractivity contribution >= 4 is 34.7 Å². The summed E-state index contributed by atoms with van der Waals surface area (Å²) in [7, 11) is 0. The Morgan fingerprint density at radius 2 is 1.66 bits per heavy atom. The molecule has 0 aliphatic carbocycles. The number of anilines is 1. The predicted octanol–water partition coefficient (Wildman–Crippen LogP) is 5.67. The van der Waals surface area contributed by atoms with Crippen LogP contribution in [0.15, 0.2) is 78.4 Å². The SMILES string of the molecule is CCOc1ccc(C2/C(=C(\O)c3ccc(Cl)cc3)C(=O)C(=O)N2c2ccccc2C)cc1. The molecule has 6 heteroatoms. The van der Waals surface area contributed by atoms with Crippen molar-refractivity contribution in [2.75, 3.05) is 11.5 Å². The maximum Gasteiger partial charge on any atom is 0.300 e. The fraction of sp³-hybridized carbons (Fsp3) is 0.154. The molecule has 1 unspecified atom stereocenters. The van der Waals surface area contributed by atoms with Gasteiger partial charge in [0.25, 0.3) is 11.7 Å². The van der Waals surface area contributed by atoms with Gasteiger partial charge in [-0.1, -0.05) is 41.9 Å². The van der Waals surface area contributed by atoms with Gasteiger partial charge in [0.1, 0.15) is 11.5 Å². The number of hydrogen-bond acceptors (Lipinski definition) is 4. The van der Waals surface area contributed by atoms with Gasteiger partial charge in [0.15, 0.2) is 0 Å². The molecule has 1 fully saturated rings. The predicted molar refractivity (Wildman–Crippen MR) is 125 cm³/mol. The number of benzene rings is 3. The van der Waals surface area contributed by atoms with Gasteiger partial charge in [-0.25, -0.2) is 0 Å². The molecule has 1 saturated heterocycles. The number of nitrogens with zero attached hydrogens (tertiary/aromatic N) is 1. The summed E-state index contributed by atoms with van der Waals surface area (Å²) in [5.41, 5.74) is 2.59. The average molecular weight is 448 g/mol. The Bertz CT molecular complexity index is 1200. The second-order valence-corrected chi connectivity index (χ2v) is 7.90. The van der Waals surface area contributed by atoms with Crippen LogP contribution in [0.25, 0.3) is 5.76 Å². The van der Waals surface area contributed by atoms with E-state index in [-0.39, 0.29) is 11.3 Å². The zero-order valence-corrected chi connectivity index (χ0v) is 18.5. The topological polar surface area (TPSA) is 66.8 Å². The number of ether oxygens (including phenoxy) is 1. The van der Waals surface area contributed by atoms with Crippen molar-refractivity contribution in [2.45, 2.75) is 19.9 Å². The summed E-state index contributed by atoms with van der Waals surface area (Å²) in [6.45, 7) is 4.30. The minimum Gasteiger partial charge on any atom is -0.507 e. The molecule has 162 valence electrons. The standard InChI is InChI=1S/C26H22ClNO4/c1-3-32-20-14-10-17(11-15-20)23-22(24(29)18-8-12-19(27)13-9-18)25(30)26(31)28(23)21-7-5-4-6-16(21)2/h4-15,23,29H,3H2,1-2H3/b24-22+. The fourth-order valence-electron chi connectivity index (χ4n) is 3.91. The zero-order chi connectivity index (χ0) is 22.8. The molecule has 0 spiro atoms. The third-order valence-electron chi connectivity index (χ3n) is 5.44. The monoisotopic (exact) mass is 447 g/mol. The first-order valence-electron chi connectivity index (χ1n) is 10.3. The summed E-state index contributed by atoms with van der Waals surface area (Å²) in [4.78, 5) is 27.8. The molecule has 1 heterocycles. The number of Topliss-reactive ketones (excluding diaryl/α,β-unsaturated/α-hetero) is 1. The van der Waals surface area contributed by atoms with E-state index in [1.165, 1.54) is 4.90 Å². The number of ketones is 1. The summed E-state index contributed by atoms with van der Waals surface area (Å²) < 4.78 is 5.53. The Morgan fingerprint density at radius 3 is 2.28 bits per heavy atom. The molecule has 1 aliphatic rings. The van der Waals surface area contributed by atoms with E-state index in [0.29, 0.717) is 34.2 Å². The van der Waals surface area contributed by atoms with E-state index in [2.05, 4.69) is 0 Å². The largest absolute Gasteiger partial charge is 0.507 e. The molecule has 1 amide bonds. The van der Waals surface area contributed by atoms with Crippen molar-refractivity contribution in [3.8, 4) is 5.75 Å². The van der Waals surface area contributed by atoms with E-state index >= 15 is 0 Å². The number of amides is 1. The van der Waals surface area contributed by atoms with Gasteiger partial charge in [-0.2, -0.15) is 0 Å². The van der Waals surface area contributed by atoms with Crippen molar-refractivity contribution in [3.63, 3.8) is 0 Å². The molecule has 1 N–H and O–H groups in total. The van der Waals surface area contributed by atoms with Crippen LogP contribution in [-0.4, -0.2) is 23.4 Å². The van der Waals surface area contributed by atoms with Crippen LogP contribution >= 0.6 is 11.6 Å². The quantitative estimate of drug-likeness (QED) is 0.310. The van der Waals surface area contributed by atoms with E-state index in [1.807, 2.05) is 44.2 Å². The first-order chi connectivity index (χ1) is 15.4. The Morgan fingerprint density at radius 1 is 1.00 bits per heavy atom. The zero-order valence-electron chi connectivity index (χ0n) is 17.7. The van der Waals surface area contributed by atoms with Crippen LogP contribution in [0.4, 0.5) is 5.69 Å². The van der Waals surface area contributed by atoms with Crippen molar-refractivity contribution in [1.29, 1.82) is 0 Å². The highest BCUT2D eigenvalue weighted by molar-refractivity contribution is 6.51. The molecule has 0 aromatic heterocycles. The highest BCUT2D eigenvalue weighted by atomic mass is 35.5. The number of para-hydroxylation sites is 1. The van der Waals surface area contributed by atoms with Crippen molar-refractivity contribution in [1.82, 2.24) is 0 Å². The van der Waals surface area contributed by atoms with E-state index in [9.17, 15) is 14.7 Å². The van der Waals surface area contributed by atoms with Crippen LogP contribution in [0.1, 0.15) is 29.7 Å². The maximum atomic E-state index is 13.2. The van der Waals surface area contributed by atoms with Crippen molar-refractivity contribution in [3.05, 3.63) is 100 Å². The number of aliphatic hydroxyl groups is 1. The molecular weight excluding hydrogens is 426 g/mol. The summed E-state index contributed by atoms with van der Waals surface area (Å²) in [5, 5.41) is 11.6. The molecule has 0 bridgehead atoms. The molecule has 1 aliphatic heterocycles. The van der Waals surface area contributed by atoms with Gasteiger partial charge in [-0.05, 0) is 67.4 Å². The van der Waals surface area contributed by atoms with Crippen molar-refractivity contribution < 1.29 is 19.4 Å². The average Bonchev–Trinajstić information content (AvgIpc) is 3.05. The second-order valence-electron chi connectivity index (χ2n) is 7.46. The fourth-order valence-corrected chi connectivity index (χ4v) is 4.03. The molecule has 1 atom stereocenters. The minimum absolute atomic E-state index is 0.0322. The molecule has 5 nitrogen and oxygen atoms in total. The summed E-state index contributed by atoms with van der Waals surface area (Å²) in [5.74, 6) is -0.981. The van der Waals surface area contributed by atoms with E-state index in [4.69, 9.17) is 16.3 Å². The van der Waals surface area contributed by atoms with Crippen LogP contribution in [0, 0.1) is 6.92 Å². The molecule has 0 saturated carbocycles. The number of hydrogen-bond donors (Lipinski definition) is 1. The second kappa shape index (κ2) is 8.89. The van der Waals surface area contributed by atoms with Gasteiger partial charge in [-0.15, -0.1) is 0 Å². The lowest BCUT2D eigenvalue weighted by Crippen LogP contribution is -2.30. The lowest BCUT2D eigenvalue weighted by atomic mass is 9.95. The number of carbonyl (C=O) groups excluding carboxylic acids is 2. The summed E-state index contributed by atoms with van der Waals surface area (Å²) >= 11 is 5.97. The van der Waals surface area contributed by atoms with Gasteiger partial charge < -0.3 is 9.84 Å². The Hall–Kier alpha value is -3.57. The third kappa shape index (κ3) is 3.87. The lowest BCUT2D eigenvalue weighted by molar-refractivity contribution is -0.132. The van der Waals surface area contributed by atoms with E-state index in [1.54, 1.807) is 42.5 Å². The molecule has 4 rings (SSSR count). The number of aliphatic hydroxyl groups excluding tert-OH is 1. The normalized spacial score (nSPS) is 17.6. The number of carbonyl (C=O) groups is 2. The molecule has 3 aromatic carbocycles. The van der Waals surface area contributed by atoms with Crippen LogP contribution in [0.5, 0.6) is 5.75 Å². The summed E-state index contributed by atoms with van der Waals surface area (Å²) in [6, 6.07) is 20.3. The Kier molecular flexibility index (Phi) is 6.01. The highest BCUT2D eigenvalue weighted by Crippen LogP contribution is 2.43. The molecule has 32 heavy (non-hydrogen) atoms. The number of rotatable bonds is 5. The van der Waals surface area contributed by atoms with Crippen LogP contribution < -0.4 is 9.64 Å². The van der Waals surface area contributed by atoms with Gasteiger partial charge in [0, 0.05) is 16.3 Å². The van der Waals surface area contributed by atoms with Crippen molar-refractivity contribution in [2.24, 2.45) is 0 Å². The third-order valence-corrected chi connectivity index (χ3v) is 5.70. The molecular formula is C26H22ClNO4. The van der Waals surface area contributed by atoms with Gasteiger partial charge in [-0.3, -0.25) is 14.5 Å². The highest BCUT2D eigenvalue weighted by Gasteiger charge is 2.47. The van der Waals surface area contributed by atoms with E-state index in [0.717, 1.165) is 5.56 Å². The lowest BCUT2D eigenvalue weighted by Gasteiger charge is -2.27. The van der Waals surface area contributed by atoms with Crippen LogP contribution in [-0.2, 0) is 9.59 Å². The summed E-state index contributed by atoms with van der Waals surface area (Å²) in [6.07, 6.45) is 0. The smallest absolute Gasteiger partial charge is 0.300 e. The minimum atomic E-state index is -0.789. The number of halogens is 1. The first-order valence-corrected chi connectivity index (χ1v) is 10.7. The maximum absolute atomic E-state index is 13.2. The van der Waals surface area contributed by atoms with Gasteiger partial charge in [0.2, 0.25) is 0 Å². The van der Waals surface area contributed by atoms with Gasteiger partial charge in [0.05, 0.1) is 18.2 Å². The van der Waals surface area contributed by atoms with E-state index < -0.39 is 17.7 Å². The molecule has 3 aromatic rings. The van der Waals surface area contributed by atoms with Gasteiger partial charge >= 0.3 is 0 Å². The van der Waals surface area contributed by atoms with Crippen LogP contribution in [0.3, 0.4) is 0 Å². The first kappa shape index (κ1) is 21.7.